The molecular formula is C20H34O2. The van der Waals surface area contributed by atoms with Crippen molar-refractivity contribution in [3.63, 3.8) is 0 Å². The van der Waals surface area contributed by atoms with Gasteiger partial charge in [-0.05, 0) is 45.4 Å². The van der Waals surface area contributed by atoms with E-state index in [2.05, 4.69) is 43.4 Å². The molecule has 0 amide bonds. The third kappa shape index (κ3) is 16.7. The Morgan fingerprint density at radius 3 is 2.05 bits per heavy atom. The molecule has 0 atom stereocenters. The lowest BCUT2D eigenvalue weighted by Crippen LogP contribution is -2.03. The van der Waals surface area contributed by atoms with Crippen LogP contribution in [0.4, 0.5) is 0 Å². The van der Waals surface area contributed by atoms with Crippen LogP contribution in [0.3, 0.4) is 0 Å². The average Bonchev–Trinajstić information content (AvgIpc) is 2.51. The zero-order valence-corrected chi connectivity index (χ0v) is 14.6. The minimum atomic E-state index is -0.0522. The van der Waals surface area contributed by atoms with Crippen molar-refractivity contribution in [2.75, 3.05) is 6.61 Å². The number of carbonyl (C=O) groups excluding carboxylic acids is 1. The average molecular weight is 306 g/mol. The summed E-state index contributed by atoms with van der Waals surface area (Å²) in [5.74, 6) is -0.0522. The molecule has 0 radical (unpaired) electrons. The van der Waals surface area contributed by atoms with Crippen LogP contribution in [0.15, 0.2) is 36.5 Å². The first-order chi connectivity index (χ1) is 10.8. The van der Waals surface area contributed by atoms with Crippen LogP contribution < -0.4 is 0 Å². The van der Waals surface area contributed by atoms with Gasteiger partial charge in [0.15, 0.2) is 0 Å². The van der Waals surface area contributed by atoms with Crippen molar-refractivity contribution in [3.8, 4) is 0 Å². The number of ether oxygens (including phenoxy) is 1. The molecule has 0 bridgehead atoms. The number of carbonyl (C=O) groups is 1. The molecule has 0 aromatic carbocycles. The fraction of sp³-hybridized carbons (Fsp3) is 0.650. The van der Waals surface area contributed by atoms with Crippen LogP contribution in [0.2, 0.25) is 0 Å². The standard InChI is InChI=1S/C20H34O2/c1-3-5-6-7-8-9-10-11-12-13-14-15-16-17-18-19-20(21)22-4-2/h5-6,8-9,11-12H,3-4,7,10,13-19H2,1-2H3/b6-5+,9-8-,12-11+. The first-order valence-electron chi connectivity index (χ1n) is 8.91. The van der Waals surface area contributed by atoms with Crippen LogP contribution in [-0.2, 0) is 9.53 Å². The molecule has 0 saturated carbocycles. The molecule has 0 aliphatic rings. The maximum Gasteiger partial charge on any atom is 0.305 e. The summed E-state index contributed by atoms with van der Waals surface area (Å²) >= 11 is 0. The van der Waals surface area contributed by atoms with Crippen molar-refractivity contribution in [3.05, 3.63) is 36.5 Å². The molecule has 0 spiro atoms. The molecule has 0 rings (SSSR count). The van der Waals surface area contributed by atoms with E-state index in [-0.39, 0.29) is 5.97 Å². The van der Waals surface area contributed by atoms with E-state index in [9.17, 15) is 4.79 Å². The highest BCUT2D eigenvalue weighted by atomic mass is 16.5. The van der Waals surface area contributed by atoms with Crippen LogP contribution in [0, 0.1) is 0 Å². The molecule has 2 heteroatoms. The zero-order chi connectivity index (χ0) is 16.3. The van der Waals surface area contributed by atoms with Gasteiger partial charge in [-0.15, -0.1) is 0 Å². The molecule has 0 N–H and O–H groups in total. The zero-order valence-electron chi connectivity index (χ0n) is 14.6. The minimum absolute atomic E-state index is 0.0522. The Labute approximate surface area is 137 Å². The summed E-state index contributed by atoms with van der Waals surface area (Å²) < 4.78 is 4.90. The summed E-state index contributed by atoms with van der Waals surface area (Å²) in [6.45, 7) is 4.50. The summed E-state index contributed by atoms with van der Waals surface area (Å²) in [6, 6.07) is 0. The van der Waals surface area contributed by atoms with Crippen molar-refractivity contribution in [1.29, 1.82) is 0 Å². The van der Waals surface area contributed by atoms with Gasteiger partial charge in [0, 0.05) is 6.42 Å². The van der Waals surface area contributed by atoms with Crippen LogP contribution >= 0.6 is 0 Å². The monoisotopic (exact) mass is 306 g/mol. The molecule has 0 aliphatic heterocycles. The Bertz CT molecular complexity index is 327. The Balaban J connectivity index is 3.27. The molecular weight excluding hydrogens is 272 g/mol. The van der Waals surface area contributed by atoms with Gasteiger partial charge in [0.1, 0.15) is 0 Å². The van der Waals surface area contributed by atoms with Crippen molar-refractivity contribution in [2.45, 2.75) is 78.1 Å². The Kier molecular flexibility index (Phi) is 16.7. The van der Waals surface area contributed by atoms with Crippen LogP contribution in [0.1, 0.15) is 78.1 Å². The molecule has 0 aliphatic carbocycles. The Morgan fingerprint density at radius 2 is 1.36 bits per heavy atom. The largest absolute Gasteiger partial charge is 0.466 e. The third-order valence-corrected chi connectivity index (χ3v) is 3.34. The van der Waals surface area contributed by atoms with Gasteiger partial charge in [0.05, 0.1) is 6.61 Å². The van der Waals surface area contributed by atoms with Gasteiger partial charge in [-0.2, -0.15) is 0 Å². The highest BCUT2D eigenvalue weighted by molar-refractivity contribution is 5.69. The lowest BCUT2D eigenvalue weighted by Gasteiger charge is -2.01. The topological polar surface area (TPSA) is 26.3 Å². The molecule has 126 valence electrons. The van der Waals surface area contributed by atoms with Crippen LogP contribution in [-0.4, -0.2) is 12.6 Å². The fourth-order valence-corrected chi connectivity index (χ4v) is 2.12. The third-order valence-electron chi connectivity index (χ3n) is 3.34. The quantitative estimate of drug-likeness (QED) is 0.219. The molecule has 2 nitrogen and oxygen atoms in total. The molecule has 0 fully saturated rings. The van der Waals surface area contributed by atoms with E-state index in [4.69, 9.17) is 4.74 Å². The molecule has 0 aromatic rings. The summed E-state index contributed by atoms with van der Waals surface area (Å²) in [7, 11) is 0. The van der Waals surface area contributed by atoms with E-state index in [1.807, 2.05) is 6.92 Å². The predicted octanol–water partition coefficient (Wildman–Crippen LogP) is 6.14. The van der Waals surface area contributed by atoms with E-state index < -0.39 is 0 Å². The van der Waals surface area contributed by atoms with Gasteiger partial charge < -0.3 is 4.74 Å². The number of hydrogen-bond acceptors (Lipinski definition) is 2. The molecule has 0 unspecified atom stereocenters. The van der Waals surface area contributed by atoms with Crippen molar-refractivity contribution >= 4 is 5.97 Å². The van der Waals surface area contributed by atoms with E-state index in [1.54, 1.807) is 0 Å². The second-order valence-electron chi connectivity index (χ2n) is 5.41. The van der Waals surface area contributed by atoms with Crippen molar-refractivity contribution in [1.82, 2.24) is 0 Å². The summed E-state index contributed by atoms with van der Waals surface area (Å²) in [6.07, 6.45) is 24.2. The van der Waals surface area contributed by atoms with E-state index >= 15 is 0 Å². The second-order valence-corrected chi connectivity index (χ2v) is 5.41. The predicted molar refractivity (Wildman–Crippen MR) is 95.9 cm³/mol. The first kappa shape index (κ1) is 20.7. The second kappa shape index (κ2) is 17.7. The van der Waals surface area contributed by atoms with E-state index in [0.717, 1.165) is 32.1 Å². The van der Waals surface area contributed by atoms with Gasteiger partial charge in [-0.3, -0.25) is 4.79 Å². The number of rotatable bonds is 14. The summed E-state index contributed by atoms with van der Waals surface area (Å²) in [5.41, 5.74) is 0. The SMILES string of the molecule is CC/C=C/C/C=C\C/C=C/CCCCCCCC(=O)OCC. The van der Waals surface area contributed by atoms with Gasteiger partial charge in [0.25, 0.3) is 0 Å². The van der Waals surface area contributed by atoms with Gasteiger partial charge in [0.2, 0.25) is 0 Å². The lowest BCUT2D eigenvalue weighted by atomic mass is 10.1. The summed E-state index contributed by atoms with van der Waals surface area (Å²) in [5, 5.41) is 0. The molecule has 0 aromatic heterocycles. The Morgan fingerprint density at radius 1 is 0.773 bits per heavy atom. The van der Waals surface area contributed by atoms with Crippen LogP contribution in [0.5, 0.6) is 0 Å². The smallest absolute Gasteiger partial charge is 0.305 e. The van der Waals surface area contributed by atoms with E-state index in [0.29, 0.717) is 13.0 Å². The van der Waals surface area contributed by atoms with Crippen LogP contribution in [0.25, 0.3) is 0 Å². The van der Waals surface area contributed by atoms with Gasteiger partial charge >= 0.3 is 5.97 Å². The van der Waals surface area contributed by atoms with Gasteiger partial charge in [-0.25, -0.2) is 0 Å². The first-order valence-corrected chi connectivity index (χ1v) is 8.91. The number of unbranched alkanes of at least 4 members (excludes halogenated alkanes) is 5. The van der Waals surface area contributed by atoms with Crippen molar-refractivity contribution < 1.29 is 9.53 Å². The Hall–Kier alpha value is -1.31. The van der Waals surface area contributed by atoms with Gasteiger partial charge in [-0.1, -0.05) is 62.6 Å². The van der Waals surface area contributed by atoms with E-state index in [1.165, 1.54) is 25.7 Å². The highest BCUT2D eigenvalue weighted by Gasteiger charge is 2.00. The lowest BCUT2D eigenvalue weighted by molar-refractivity contribution is -0.143. The fourth-order valence-electron chi connectivity index (χ4n) is 2.12. The maximum absolute atomic E-state index is 11.1. The molecule has 22 heavy (non-hydrogen) atoms. The number of esters is 1. The number of hydrogen-bond donors (Lipinski definition) is 0. The molecule has 0 saturated heterocycles. The van der Waals surface area contributed by atoms with Crippen molar-refractivity contribution in [2.24, 2.45) is 0 Å². The molecule has 0 heterocycles. The number of allylic oxidation sites excluding steroid dienone is 6. The highest BCUT2D eigenvalue weighted by Crippen LogP contribution is 2.08. The normalized spacial score (nSPS) is 11.9. The summed E-state index contributed by atoms with van der Waals surface area (Å²) in [4.78, 5) is 11.1. The maximum atomic E-state index is 11.1. The minimum Gasteiger partial charge on any atom is -0.466 e.